The lowest BCUT2D eigenvalue weighted by atomic mass is 10.00. The van der Waals surface area contributed by atoms with Gasteiger partial charge in [-0.2, -0.15) is 13.2 Å². The van der Waals surface area contributed by atoms with E-state index >= 15 is 0 Å². The Kier molecular flexibility index (Phi) is 4.81. The van der Waals surface area contributed by atoms with Crippen LogP contribution in [0.3, 0.4) is 0 Å². The van der Waals surface area contributed by atoms with Gasteiger partial charge in [0.15, 0.2) is 0 Å². The predicted octanol–water partition coefficient (Wildman–Crippen LogP) is 4.30. The third-order valence-electron chi connectivity index (χ3n) is 3.89. The standard InChI is InChI=1S/C16H22F3NO/c1-11(2)12-8-13(16(17,18)19)10-15(9-12)21-14-4-6-20(3)7-5-14/h8-11,14H,4-7H2,1-3H3. The highest BCUT2D eigenvalue weighted by Gasteiger charge is 2.32. The second-order valence-electron chi connectivity index (χ2n) is 6.06. The molecule has 0 unspecified atom stereocenters. The van der Waals surface area contributed by atoms with Crippen LogP contribution in [-0.2, 0) is 6.18 Å². The van der Waals surface area contributed by atoms with Gasteiger partial charge in [0.1, 0.15) is 11.9 Å². The lowest BCUT2D eigenvalue weighted by Gasteiger charge is -2.29. The number of hydrogen-bond donors (Lipinski definition) is 0. The number of benzene rings is 1. The maximum absolute atomic E-state index is 13.0. The molecule has 0 spiro atoms. The number of ether oxygens (including phenoxy) is 1. The SMILES string of the molecule is CC(C)c1cc(OC2CCN(C)CC2)cc(C(F)(F)F)c1. The highest BCUT2D eigenvalue weighted by atomic mass is 19.4. The summed E-state index contributed by atoms with van der Waals surface area (Å²) >= 11 is 0. The molecule has 2 rings (SSSR count). The minimum atomic E-state index is -4.34. The van der Waals surface area contributed by atoms with Crippen LogP contribution >= 0.6 is 0 Å². The van der Waals surface area contributed by atoms with Crippen molar-refractivity contribution in [3.05, 3.63) is 29.3 Å². The number of halogens is 3. The molecule has 1 saturated heterocycles. The molecule has 0 bridgehead atoms. The van der Waals surface area contributed by atoms with Crippen LogP contribution in [0.4, 0.5) is 13.2 Å². The van der Waals surface area contributed by atoms with Gasteiger partial charge in [0.25, 0.3) is 0 Å². The van der Waals surface area contributed by atoms with Gasteiger partial charge in [0.2, 0.25) is 0 Å². The highest BCUT2D eigenvalue weighted by molar-refractivity contribution is 5.37. The van der Waals surface area contributed by atoms with Crippen LogP contribution in [0, 0.1) is 0 Å². The van der Waals surface area contributed by atoms with Crippen LogP contribution < -0.4 is 4.74 Å². The van der Waals surface area contributed by atoms with E-state index in [-0.39, 0.29) is 12.0 Å². The van der Waals surface area contributed by atoms with Gasteiger partial charge >= 0.3 is 6.18 Å². The smallest absolute Gasteiger partial charge is 0.416 e. The normalized spacial score (nSPS) is 18.2. The minimum Gasteiger partial charge on any atom is -0.490 e. The molecule has 0 aromatic heterocycles. The highest BCUT2D eigenvalue weighted by Crippen LogP contribution is 2.35. The summed E-state index contributed by atoms with van der Waals surface area (Å²) in [4.78, 5) is 2.20. The fraction of sp³-hybridized carbons (Fsp3) is 0.625. The Hall–Kier alpha value is -1.23. The molecule has 1 fully saturated rings. The molecule has 1 aliphatic heterocycles. The van der Waals surface area contributed by atoms with Crippen molar-refractivity contribution in [2.45, 2.75) is 44.9 Å². The summed E-state index contributed by atoms with van der Waals surface area (Å²) < 4.78 is 44.7. The molecule has 0 aliphatic carbocycles. The third kappa shape index (κ3) is 4.37. The van der Waals surface area contributed by atoms with Gasteiger partial charge in [-0.15, -0.1) is 0 Å². The first-order valence-electron chi connectivity index (χ1n) is 7.33. The van der Waals surface area contributed by atoms with E-state index in [2.05, 4.69) is 4.90 Å². The molecular weight excluding hydrogens is 279 g/mol. The quantitative estimate of drug-likeness (QED) is 0.825. The number of likely N-dealkylation sites (tertiary alicyclic amines) is 1. The fourth-order valence-corrected chi connectivity index (χ4v) is 2.48. The van der Waals surface area contributed by atoms with Crippen molar-refractivity contribution >= 4 is 0 Å². The molecule has 1 aliphatic rings. The van der Waals surface area contributed by atoms with Crippen molar-refractivity contribution in [2.24, 2.45) is 0 Å². The van der Waals surface area contributed by atoms with Crippen LogP contribution in [0.1, 0.15) is 43.7 Å². The summed E-state index contributed by atoms with van der Waals surface area (Å²) in [5.41, 5.74) is 0.0318. The summed E-state index contributed by atoms with van der Waals surface area (Å²) in [6.07, 6.45) is -2.63. The molecule has 0 saturated carbocycles. The van der Waals surface area contributed by atoms with Gasteiger partial charge in [-0.25, -0.2) is 0 Å². The third-order valence-corrected chi connectivity index (χ3v) is 3.89. The van der Waals surface area contributed by atoms with Gasteiger partial charge < -0.3 is 9.64 Å². The Balaban J connectivity index is 2.20. The van der Waals surface area contributed by atoms with Gasteiger partial charge in [-0.3, -0.25) is 0 Å². The zero-order valence-corrected chi connectivity index (χ0v) is 12.7. The minimum absolute atomic E-state index is 0.00435. The van der Waals surface area contributed by atoms with E-state index in [0.29, 0.717) is 11.3 Å². The maximum Gasteiger partial charge on any atom is 0.416 e. The number of piperidine rings is 1. The van der Waals surface area contributed by atoms with Crippen molar-refractivity contribution in [3.63, 3.8) is 0 Å². The van der Waals surface area contributed by atoms with E-state index in [0.717, 1.165) is 32.0 Å². The first-order chi connectivity index (χ1) is 9.75. The van der Waals surface area contributed by atoms with Crippen LogP contribution in [0.2, 0.25) is 0 Å². The number of hydrogen-bond acceptors (Lipinski definition) is 2. The molecule has 5 heteroatoms. The van der Waals surface area contributed by atoms with Crippen molar-refractivity contribution < 1.29 is 17.9 Å². The summed E-state index contributed by atoms with van der Waals surface area (Å²) in [6.45, 7) is 5.60. The average Bonchev–Trinajstić information content (AvgIpc) is 2.40. The van der Waals surface area contributed by atoms with E-state index in [1.54, 1.807) is 6.07 Å². The van der Waals surface area contributed by atoms with E-state index in [1.807, 2.05) is 20.9 Å². The number of rotatable bonds is 3. The lowest BCUT2D eigenvalue weighted by Crippen LogP contribution is -2.35. The van der Waals surface area contributed by atoms with Crippen molar-refractivity contribution in [1.29, 1.82) is 0 Å². The van der Waals surface area contributed by atoms with Crippen molar-refractivity contribution in [1.82, 2.24) is 4.90 Å². The lowest BCUT2D eigenvalue weighted by molar-refractivity contribution is -0.137. The second-order valence-corrected chi connectivity index (χ2v) is 6.06. The Labute approximate surface area is 123 Å². The van der Waals surface area contributed by atoms with Crippen LogP contribution in [0.25, 0.3) is 0 Å². The van der Waals surface area contributed by atoms with Gasteiger partial charge in [-0.05, 0) is 49.6 Å². The Morgan fingerprint density at radius 2 is 1.76 bits per heavy atom. The first-order valence-corrected chi connectivity index (χ1v) is 7.33. The van der Waals surface area contributed by atoms with Crippen molar-refractivity contribution in [3.8, 4) is 5.75 Å². The topological polar surface area (TPSA) is 12.5 Å². The van der Waals surface area contributed by atoms with E-state index in [9.17, 15) is 13.2 Å². The van der Waals surface area contributed by atoms with Gasteiger partial charge in [-0.1, -0.05) is 13.8 Å². The molecule has 21 heavy (non-hydrogen) atoms. The summed E-state index contributed by atoms with van der Waals surface area (Å²) in [7, 11) is 2.04. The van der Waals surface area contributed by atoms with E-state index in [4.69, 9.17) is 4.74 Å². The molecule has 118 valence electrons. The molecule has 1 aromatic rings. The monoisotopic (exact) mass is 301 g/mol. The van der Waals surface area contributed by atoms with E-state index < -0.39 is 11.7 Å². The van der Waals surface area contributed by atoms with Gasteiger partial charge in [0, 0.05) is 13.1 Å². The molecule has 0 amide bonds. The van der Waals surface area contributed by atoms with Crippen molar-refractivity contribution in [2.75, 3.05) is 20.1 Å². The van der Waals surface area contributed by atoms with Crippen LogP contribution in [-0.4, -0.2) is 31.1 Å². The summed E-state index contributed by atoms with van der Waals surface area (Å²) in [5, 5.41) is 0. The number of nitrogens with zero attached hydrogens (tertiary/aromatic N) is 1. The zero-order valence-electron chi connectivity index (χ0n) is 12.7. The second kappa shape index (κ2) is 6.26. The maximum atomic E-state index is 13.0. The molecule has 1 heterocycles. The predicted molar refractivity (Wildman–Crippen MR) is 76.7 cm³/mol. The fourth-order valence-electron chi connectivity index (χ4n) is 2.48. The molecule has 0 radical (unpaired) electrons. The Morgan fingerprint density at radius 3 is 2.29 bits per heavy atom. The average molecular weight is 301 g/mol. The van der Waals surface area contributed by atoms with Crippen LogP contribution in [0.5, 0.6) is 5.75 Å². The van der Waals surface area contributed by atoms with Crippen LogP contribution in [0.15, 0.2) is 18.2 Å². The summed E-state index contributed by atoms with van der Waals surface area (Å²) in [5.74, 6) is 0.371. The number of alkyl halides is 3. The van der Waals surface area contributed by atoms with Gasteiger partial charge in [0.05, 0.1) is 5.56 Å². The first kappa shape index (κ1) is 16.1. The Morgan fingerprint density at radius 1 is 1.14 bits per heavy atom. The Bertz CT molecular complexity index is 477. The molecular formula is C16H22F3NO. The zero-order chi connectivity index (χ0) is 15.6. The van der Waals surface area contributed by atoms with E-state index in [1.165, 1.54) is 6.07 Å². The molecule has 1 aromatic carbocycles. The summed E-state index contributed by atoms with van der Waals surface area (Å²) in [6, 6.07) is 4.06. The largest absolute Gasteiger partial charge is 0.490 e. The molecule has 2 nitrogen and oxygen atoms in total. The molecule has 0 atom stereocenters. The molecule has 0 N–H and O–H groups in total.